The fraction of sp³-hybridized carbons (Fsp3) is 1.00. The zero-order valence-electron chi connectivity index (χ0n) is 3.75. The molecule has 0 aromatic rings. The largest absolute Gasteiger partial charge is 0.449 e. The smallest absolute Gasteiger partial charge is 0.327 e. The maximum atomic E-state index is 11.0. The maximum Gasteiger partial charge on any atom is 0.449 e. The van der Waals surface area contributed by atoms with Crippen LogP contribution in [-0.4, -0.2) is 16.1 Å². The second-order valence-electron chi connectivity index (χ2n) is 1.03. The van der Waals surface area contributed by atoms with Gasteiger partial charge < -0.3 is 5.11 Å². The van der Waals surface area contributed by atoms with Gasteiger partial charge >= 0.3 is 10.9 Å². The molecule has 0 aliphatic rings. The fourth-order valence-electron chi connectivity index (χ4n) is 0.139. The van der Waals surface area contributed by atoms with Crippen LogP contribution < -0.4 is 0 Å². The predicted octanol–water partition coefficient (Wildman–Crippen LogP) is 1.78. The van der Waals surface area contributed by atoms with Crippen molar-refractivity contribution >= 4 is 11.8 Å². The third kappa shape index (κ3) is 7.96. The summed E-state index contributed by atoms with van der Waals surface area (Å²) < 4.78 is 54.7. The number of hydrogen-bond donors (Lipinski definition) is 1. The van der Waals surface area contributed by atoms with Gasteiger partial charge in [-0.15, -0.1) is 0 Å². The van der Waals surface area contributed by atoms with Crippen LogP contribution in [0.15, 0.2) is 0 Å². The third-order valence-corrected chi connectivity index (χ3v) is 0.716. The maximum absolute atomic E-state index is 11.0. The molecule has 0 aliphatic carbocycles. The summed E-state index contributed by atoms with van der Waals surface area (Å²) >= 11 is -1.76. The summed E-state index contributed by atoms with van der Waals surface area (Å²) in [6.07, 6.45) is 0. The summed E-state index contributed by atoms with van der Waals surface area (Å²) in [6.45, 7) is 0. The molecule has 0 rings (SSSR count). The van der Waals surface area contributed by atoms with Crippen molar-refractivity contribution in [2.24, 2.45) is 0 Å². The average Bonchev–Trinajstić information content (AvgIpc) is 1.14. The van der Waals surface area contributed by atoms with Gasteiger partial charge in [-0.2, -0.15) is 22.0 Å². The minimum atomic E-state index is -5.10. The lowest BCUT2D eigenvalue weighted by molar-refractivity contribution is -0.124. The van der Waals surface area contributed by atoms with E-state index < -0.39 is 22.7 Å². The second-order valence-corrected chi connectivity index (χ2v) is 2.19. The Morgan fingerprint density at radius 3 is 1.33 bits per heavy atom. The van der Waals surface area contributed by atoms with E-state index in [1.807, 2.05) is 0 Å². The van der Waals surface area contributed by atoms with Gasteiger partial charge in [-0.1, -0.05) is 0 Å². The Morgan fingerprint density at radius 1 is 1.00 bits per heavy atom. The first-order valence-corrected chi connectivity index (χ1v) is 2.39. The van der Waals surface area contributed by atoms with Crippen molar-refractivity contribution in [3.8, 4) is 0 Å². The highest BCUT2D eigenvalue weighted by Gasteiger charge is 2.43. The lowest BCUT2D eigenvalue weighted by Gasteiger charge is -2.08. The number of rotatable bonds is 1. The first-order valence-electron chi connectivity index (χ1n) is 1.58. The summed E-state index contributed by atoms with van der Waals surface area (Å²) in [4.78, 5) is 0. The van der Waals surface area contributed by atoms with Crippen molar-refractivity contribution in [1.82, 2.24) is 0 Å². The quantitative estimate of drug-likeness (QED) is 0.475. The highest BCUT2D eigenvalue weighted by atomic mass is 32.2. The predicted molar refractivity (Wildman–Crippen MR) is 20.8 cm³/mol. The molecule has 1 nitrogen and oxygen atoms in total. The van der Waals surface area contributed by atoms with Crippen molar-refractivity contribution in [2.45, 2.75) is 10.9 Å². The Kier molecular flexibility index (Phi) is 2.29. The summed E-state index contributed by atoms with van der Waals surface area (Å²) in [6, 6.07) is 0. The van der Waals surface area contributed by atoms with Gasteiger partial charge in [0.25, 0.3) is 0 Å². The Morgan fingerprint density at radius 2 is 1.33 bits per heavy atom. The minimum Gasteiger partial charge on any atom is -0.327 e. The van der Waals surface area contributed by atoms with Crippen molar-refractivity contribution in [3.05, 3.63) is 0 Å². The number of hydrogen-bond acceptors (Lipinski definition) is 2. The highest BCUT2D eigenvalue weighted by molar-refractivity contribution is 8.00. The molecule has 0 aliphatic heterocycles. The minimum absolute atomic E-state index is 1.76. The van der Waals surface area contributed by atoms with E-state index in [1.165, 1.54) is 0 Å². The first kappa shape index (κ1) is 8.96. The van der Waals surface area contributed by atoms with Gasteiger partial charge in [0, 0.05) is 0 Å². The van der Waals surface area contributed by atoms with Gasteiger partial charge in [0.2, 0.25) is 0 Å². The monoisotopic (exact) mass is 168 g/mol. The molecule has 0 bridgehead atoms. The Bertz CT molecular complexity index is 80.1. The average molecular weight is 168 g/mol. The van der Waals surface area contributed by atoms with Crippen LogP contribution in [0.3, 0.4) is 0 Å². The molecule has 0 amide bonds. The van der Waals surface area contributed by atoms with Crippen molar-refractivity contribution in [2.75, 3.05) is 0 Å². The molecule has 0 heterocycles. The van der Waals surface area contributed by atoms with Crippen LogP contribution >= 0.6 is 11.8 Å². The third-order valence-electron chi connectivity index (χ3n) is 0.239. The molecule has 0 aromatic carbocycles. The van der Waals surface area contributed by atoms with Crippen LogP contribution in [-0.2, 0) is 0 Å². The highest BCUT2D eigenvalue weighted by Crippen LogP contribution is 2.40. The van der Waals surface area contributed by atoms with Crippen LogP contribution in [0.25, 0.3) is 0 Å². The van der Waals surface area contributed by atoms with Crippen molar-refractivity contribution in [1.29, 1.82) is 0 Å². The molecule has 9 heavy (non-hydrogen) atoms. The van der Waals surface area contributed by atoms with Gasteiger partial charge in [0.05, 0.1) is 11.8 Å². The first-order chi connectivity index (χ1) is 3.71. The molecule has 0 fully saturated rings. The SMILES string of the molecule is OC(F)(F)SC(F)(F)F. The Labute approximate surface area is 50.8 Å². The van der Waals surface area contributed by atoms with E-state index in [4.69, 9.17) is 5.11 Å². The zero-order valence-corrected chi connectivity index (χ0v) is 4.56. The summed E-state index contributed by atoms with van der Waals surface area (Å²) in [7, 11) is 0. The second kappa shape index (κ2) is 2.30. The van der Waals surface area contributed by atoms with Crippen molar-refractivity contribution < 1.29 is 27.1 Å². The Balaban J connectivity index is 3.75. The molecule has 56 valence electrons. The van der Waals surface area contributed by atoms with E-state index in [-0.39, 0.29) is 0 Å². The number of thioether (sulfide) groups is 1. The zero-order chi connectivity index (χ0) is 7.71. The van der Waals surface area contributed by atoms with E-state index in [9.17, 15) is 22.0 Å². The van der Waals surface area contributed by atoms with Crippen LogP contribution in [0.4, 0.5) is 22.0 Å². The Hall–Kier alpha value is -0.0400. The summed E-state index contributed by atoms with van der Waals surface area (Å²) in [5.41, 5.74) is -9.82. The number of alkyl halides is 5. The molecular weight excluding hydrogens is 167 g/mol. The van der Waals surface area contributed by atoms with E-state index in [0.29, 0.717) is 0 Å². The number of halogens is 5. The van der Waals surface area contributed by atoms with E-state index in [0.717, 1.165) is 0 Å². The molecule has 0 spiro atoms. The molecule has 0 aromatic heterocycles. The molecule has 7 heteroatoms. The van der Waals surface area contributed by atoms with Gasteiger partial charge in [0.1, 0.15) is 0 Å². The van der Waals surface area contributed by atoms with Crippen LogP contribution in [0, 0.1) is 0 Å². The van der Waals surface area contributed by atoms with Gasteiger partial charge in [0.15, 0.2) is 0 Å². The normalized spacial score (nSPS) is 14.0. The molecule has 0 radical (unpaired) electrons. The van der Waals surface area contributed by atoms with E-state index >= 15 is 0 Å². The molecule has 0 saturated carbocycles. The summed E-state index contributed by atoms with van der Waals surface area (Å²) in [5.74, 6) is 0. The molecule has 0 unspecified atom stereocenters. The lowest BCUT2D eigenvalue weighted by atomic mass is 11.5. The van der Waals surface area contributed by atoms with Gasteiger partial charge in [-0.25, -0.2) is 0 Å². The van der Waals surface area contributed by atoms with Crippen LogP contribution in [0.5, 0.6) is 0 Å². The van der Waals surface area contributed by atoms with Crippen LogP contribution in [0.2, 0.25) is 0 Å². The van der Waals surface area contributed by atoms with E-state index in [2.05, 4.69) is 0 Å². The standard InChI is InChI=1S/C2HF5OS/c3-1(4,5)9-2(6,7)8/h8H. The molecule has 0 atom stereocenters. The topological polar surface area (TPSA) is 20.2 Å². The molecule has 1 N–H and O–H groups in total. The van der Waals surface area contributed by atoms with Gasteiger partial charge in [-0.3, -0.25) is 0 Å². The molecular formula is C2HF5OS. The van der Waals surface area contributed by atoms with E-state index in [1.54, 1.807) is 0 Å². The number of aliphatic hydroxyl groups is 1. The fourth-order valence-corrected chi connectivity index (χ4v) is 0.418. The lowest BCUT2D eigenvalue weighted by Crippen LogP contribution is -2.16. The molecule has 0 saturated heterocycles. The van der Waals surface area contributed by atoms with Gasteiger partial charge in [-0.05, 0) is 0 Å². The van der Waals surface area contributed by atoms with Crippen LogP contribution in [0.1, 0.15) is 0 Å². The van der Waals surface area contributed by atoms with Crippen molar-refractivity contribution in [3.63, 3.8) is 0 Å². The summed E-state index contributed by atoms with van der Waals surface area (Å²) in [5, 5.41) is 7.26.